The van der Waals surface area contributed by atoms with E-state index in [0.717, 1.165) is 0 Å². The first-order valence-electron chi connectivity index (χ1n) is 5.23. The fourth-order valence-corrected chi connectivity index (χ4v) is 1.90. The Labute approximate surface area is 82.0 Å². The molecule has 0 spiro atoms. The molecule has 1 unspecified atom stereocenters. The van der Waals surface area contributed by atoms with E-state index in [2.05, 4.69) is 45.9 Å². The second-order valence-electron chi connectivity index (χ2n) is 3.98. The maximum Gasteiger partial charge on any atom is -0.0188 e. The Kier molecular flexibility index (Phi) is 3.53. The summed E-state index contributed by atoms with van der Waals surface area (Å²) >= 11 is 0. The lowest BCUT2D eigenvalue weighted by Crippen LogP contribution is -1.97. The highest BCUT2D eigenvalue weighted by atomic mass is 14.1. The largest absolute Gasteiger partial charge is 0.0654 e. The molecule has 0 aromatic heterocycles. The van der Waals surface area contributed by atoms with E-state index in [1.807, 2.05) is 0 Å². The van der Waals surface area contributed by atoms with Crippen molar-refractivity contribution in [2.45, 2.75) is 46.5 Å². The van der Waals surface area contributed by atoms with E-state index in [9.17, 15) is 0 Å². The Morgan fingerprint density at radius 3 is 2.54 bits per heavy atom. The molecule has 72 valence electrons. The zero-order valence-corrected chi connectivity index (χ0v) is 9.22. The van der Waals surface area contributed by atoms with E-state index in [1.54, 1.807) is 0 Å². The number of benzene rings is 1. The Bertz CT molecular complexity index is 273. The fourth-order valence-electron chi connectivity index (χ4n) is 1.90. The molecule has 0 saturated carbocycles. The maximum atomic E-state index is 2.32. The molecule has 1 aromatic rings. The topological polar surface area (TPSA) is 0 Å². The Morgan fingerprint density at radius 1 is 1.23 bits per heavy atom. The molecule has 0 aliphatic carbocycles. The van der Waals surface area contributed by atoms with Crippen LogP contribution >= 0.6 is 0 Å². The molecule has 0 radical (unpaired) electrons. The summed E-state index contributed by atoms with van der Waals surface area (Å²) in [6.45, 7) is 9.00. The van der Waals surface area contributed by atoms with Crippen LogP contribution in [0, 0.1) is 13.8 Å². The first-order chi connectivity index (χ1) is 6.16. The first kappa shape index (κ1) is 10.3. The summed E-state index contributed by atoms with van der Waals surface area (Å²) in [6.07, 6.45) is 2.57. The molecule has 0 fully saturated rings. The van der Waals surface area contributed by atoms with Crippen LogP contribution in [-0.4, -0.2) is 0 Å². The van der Waals surface area contributed by atoms with E-state index >= 15 is 0 Å². The van der Waals surface area contributed by atoms with Gasteiger partial charge in [0.15, 0.2) is 0 Å². The predicted octanol–water partition coefficient (Wildman–Crippen LogP) is 4.21. The number of aryl methyl sites for hydroxylation is 1. The molecule has 1 rings (SSSR count). The number of hydrogen-bond donors (Lipinski definition) is 0. The van der Waals surface area contributed by atoms with E-state index in [4.69, 9.17) is 0 Å². The Hall–Kier alpha value is -0.780. The van der Waals surface area contributed by atoms with Gasteiger partial charge in [-0.05, 0) is 42.9 Å². The van der Waals surface area contributed by atoms with Gasteiger partial charge in [-0.15, -0.1) is 0 Å². The molecule has 0 bridgehead atoms. The van der Waals surface area contributed by atoms with E-state index in [1.165, 1.54) is 29.5 Å². The van der Waals surface area contributed by atoms with Crippen molar-refractivity contribution in [3.63, 3.8) is 0 Å². The Morgan fingerprint density at radius 2 is 1.92 bits per heavy atom. The van der Waals surface area contributed by atoms with Crippen LogP contribution in [-0.2, 0) is 0 Å². The molecule has 0 nitrogen and oxygen atoms in total. The highest BCUT2D eigenvalue weighted by Gasteiger charge is 2.07. The summed E-state index contributed by atoms with van der Waals surface area (Å²) < 4.78 is 0. The van der Waals surface area contributed by atoms with Gasteiger partial charge in [0, 0.05) is 0 Å². The van der Waals surface area contributed by atoms with Crippen LogP contribution < -0.4 is 0 Å². The quantitative estimate of drug-likeness (QED) is 0.647. The third-order valence-electron chi connectivity index (χ3n) is 2.90. The molecular weight excluding hydrogens is 156 g/mol. The molecular formula is C13H20. The van der Waals surface area contributed by atoms with Crippen molar-refractivity contribution >= 4 is 0 Å². The smallest absolute Gasteiger partial charge is 0.0188 e. The lowest BCUT2D eigenvalue weighted by molar-refractivity contribution is 0.661. The molecule has 0 N–H and O–H groups in total. The Balaban J connectivity index is 2.93. The van der Waals surface area contributed by atoms with Gasteiger partial charge in [0.05, 0.1) is 0 Å². The van der Waals surface area contributed by atoms with Gasteiger partial charge in [-0.1, -0.05) is 38.5 Å². The number of hydrogen-bond acceptors (Lipinski definition) is 0. The van der Waals surface area contributed by atoms with Gasteiger partial charge < -0.3 is 0 Å². The highest BCUT2D eigenvalue weighted by Crippen LogP contribution is 2.25. The summed E-state index contributed by atoms with van der Waals surface area (Å²) in [6, 6.07) is 6.63. The highest BCUT2D eigenvalue weighted by molar-refractivity contribution is 5.35. The first-order valence-corrected chi connectivity index (χ1v) is 5.23. The predicted molar refractivity (Wildman–Crippen MR) is 59.2 cm³/mol. The average Bonchev–Trinajstić information content (AvgIpc) is 2.10. The molecule has 1 aromatic carbocycles. The van der Waals surface area contributed by atoms with Gasteiger partial charge in [0.1, 0.15) is 0 Å². The summed E-state index contributed by atoms with van der Waals surface area (Å²) in [5.74, 6) is 0.713. The van der Waals surface area contributed by atoms with Crippen molar-refractivity contribution < 1.29 is 0 Å². The standard InChI is InChI=1S/C13H20/c1-5-7-11(3)13-9-6-8-10(2)12(13)4/h6,8-9,11H,5,7H2,1-4H3. The fraction of sp³-hybridized carbons (Fsp3) is 0.538. The molecule has 0 heteroatoms. The molecule has 0 aliphatic rings. The second kappa shape index (κ2) is 4.45. The lowest BCUT2D eigenvalue weighted by Gasteiger charge is -2.15. The third-order valence-corrected chi connectivity index (χ3v) is 2.90. The minimum atomic E-state index is 0.713. The minimum Gasteiger partial charge on any atom is -0.0654 e. The molecule has 1 atom stereocenters. The second-order valence-corrected chi connectivity index (χ2v) is 3.98. The lowest BCUT2D eigenvalue weighted by atomic mass is 9.91. The summed E-state index contributed by atoms with van der Waals surface area (Å²) in [7, 11) is 0. The van der Waals surface area contributed by atoms with E-state index < -0.39 is 0 Å². The van der Waals surface area contributed by atoms with Gasteiger partial charge >= 0.3 is 0 Å². The van der Waals surface area contributed by atoms with Crippen LogP contribution in [0.25, 0.3) is 0 Å². The van der Waals surface area contributed by atoms with Crippen LogP contribution in [0.3, 0.4) is 0 Å². The average molecular weight is 176 g/mol. The van der Waals surface area contributed by atoms with Crippen molar-refractivity contribution in [3.05, 3.63) is 34.9 Å². The molecule has 0 heterocycles. The van der Waals surface area contributed by atoms with Gasteiger partial charge in [-0.25, -0.2) is 0 Å². The van der Waals surface area contributed by atoms with Crippen LogP contribution in [0.15, 0.2) is 18.2 Å². The molecule has 0 amide bonds. The molecule has 0 aliphatic heterocycles. The zero-order valence-electron chi connectivity index (χ0n) is 9.22. The molecule has 0 saturated heterocycles. The maximum absolute atomic E-state index is 2.32. The third kappa shape index (κ3) is 2.33. The number of rotatable bonds is 3. The summed E-state index contributed by atoms with van der Waals surface area (Å²) in [5, 5.41) is 0. The van der Waals surface area contributed by atoms with Crippen LogP contribution in [0.5, 0.6) is 0 Å². The van der Waals surface area contributed by atoms with Gasteiger partial charge in [-0.2, -0.15) is 0 Å². The van der Waals surface area contributed by atoms with Gasteiger partial charge in [-0.3, -0.25) is 0 Å². The van der Waals surface area contributed by atoms with E-state index in [-0.39, 0.29) is 0 Å². The monoisotopic (exact) mass is 176 g/mol. The van der Waals surface area contributed by atoms with E-state index in [0.29, 0.717) is 5.92 Å². The van der Waals surface area contributed by atoms with Crippen molar-refractivity contribution in [1.82, 2.24) is 0 Å². The normalized spacial score (nSPS) is 12.9. The SMILES string of the molecule is CCCC(C)c1cccc(C)c1C. The minimum absolute atomic E-state index is 0.713. The van der Waals surface area contributed by atoms with Crippen LogP contribution in [0.1, 0.15) is 49.3 Å². The van der Waals surface area contributed by atoms with Crippen LogP contribution in [0.2, 0.25) is 0 Å². The van der Waals surface area contributed by atoms with Crippen LogP contribution in [0.4, 0.5) is 0 Å². The van der Waals surface area contributed by atoms with Crippen molar-refractivity contribution in [2.75, 3.05) is 0 Å². The van der Waals surface area contributed by atoms with Crippen molar-refractivity contribution in [2.24, 2.45) is 0 Å². The summed E-state index contributed by atoms with van der Waals surface area (Å²) in [4.78, 5) is 0. The molecule has 13 heavy (non-hydrogen) atoms. The van der Waals surface area contributed by atoms with Gasteiger partial charge in [0.2, 0.25) is 0 Å². The zero-order chi connectivity index (χ0) is 9.84. The van der Waals surface area contributed by atoms with Gasteiger partial charge in [0.25, 0.3) is 0 Å². The van der Waals surface area contributed by atoms with Crippen molar-refractivity contribution in [3.8, 4) is 0 Å². The van der Waals surface area contributed by atoms with Crippen molar-refractivity contribution in [1.29, 1.82) is 0 Å². The summed E-state index contributed by atoms with van der Waals surface area (Å²) in [5.41, 5.74) is 4.42.